The highest BCUT2D eigenvalue weighted by Gasteiger charge is 2.51. The summed E-state index contributed by atoms with van der Waals surface area (Å²) in [5, 5.41) is 8.16. The summed E-state index contributed by atoms with van der Waals surface area (Å²) in [7, 11) is 0. The molecule has 0 aromatic carbocycles. The van der Waals surface area contributed by atoms with E-state index in [9.17, 15) is 0 Å². The van der Waals surface area contributed by atoms with E-state index in [-0.39, 0.29) is 0 Å². The molecule has 3 nitrogen and oxygen atoms in total. The molecule has 1 aromatic heterocycles. The van der Waals surface area contributed by atoms with Gasteiger partial charge in [0, 0.05) is 18.6 Å². The Labute approximate surface area is 90.2 Å². The highest BCUT2D eigenvalue weighted by Crippen LogP contribution is 2.54. The van der Waals surface area contributed by atoms with Gasteiger partial charge in [-0.2, -0.15) is 0 Å². The smallest absolute Gasteiger partial charge is 0.276 e. The Balaban J connectivity index is 1.81. The molecule has 1 aliphatic rings. The van der Waals surface area contributed by atoms with Crippen LogP contribution in [0.1, 0.15) is 12.3 Å². The normalized spacial score (nSPS) is 24.7. The summed E-state index contributed by atoms with van der Waals surface area (Å²) in [4.78, 5) is 0. The zero-order valence-corrected chi connectivity index (χ0v) is 9.29. The summed E-state index contributed by atoms with van der Waals surface area (Å²) in [6.07, 6.45) is 0.857. The Morgan fingerprint density at radius 3 is 2.77 bits per heavy atom. The molecule has 0 saturated heterocycles. The molecule has 1 unspecified atom stereocenters. The molecule has 0 N–H and O–H groups in total. The Morgan fingerprint density at radius 1 is 1.62 bits per heavy atom. The summed E-state index contributed by atoms with van der Waals surface area (Å²) in [6.45, 7) is 1.77. The lowest BCUT2D eigenvalue weighted by atomic mass is 10.5. The van der Waals surface area contributed by atoms with Crippen LogP contribution in [0.25, 0.3) is 0 Å². The fraction of sp³-hybridized carbons (Fsp3) is 0.714. The van der Waals surface area contributed by atoms with Crippen LogP contribution in [-0.2, 0) is 0 Å². The maximum absolute atomic E-state index is 5.86. The summed E-state index contributed by atoms with van der Waals surface area (Å²) >= 11 is 13.2. The number of nitrogens with zero attached hydrogens (tertiary/aromatic N) is 2. The molecule has 1 atom stereocenters. The maximum atomic E-state index is 5.86. The van der Waals surface area contributed by atoms with Crippen LogP contribution >= 0.6 is 35.0 Å². The molecule has 1 aromatic rings. The third-order valence-corrected chi connectivity index (χ3v) is 3.78. The van der Waals surface area contributed by atoms with Crippen molar-refractivity contribution in [1.29, 1.82) is 0 Å². The SMILES string of the molecule is Cc1nnc(SCC2CC2(Cl)Cl)o1. The largest absolute Gasteiger partial charge is 0.416 e. The van der Waals surface area contributed by atoms with Crippen LogP contribution in [0.3, 0.4) is 0 Å². The van der Waals surface area contributed by atoms with Crippen LogP contribution in [0.4, 0.5) is 0 Å². The van der Waals surface area contributed by atoms with Crippen LogP contribution in [0.15, 0.2) is 9.64 Å². The molecular weight excluding hydrogens is 231 g/mol. The van der Waals surface area contributed by atoms with Crippen molar-refractivity contribution in [3.63, 3.8) is 0 Å². The molecule has 0 radical (unpaired) electrons. The number of halogens is 2. The molecule has 0 amide bonds. The topological polar surface area (TPSA) is 38.9 Å². The zero-order chi connectivity index (χ0) is 9.47. The molecule has 13 heavy (non-hydrogen) atoms. The van der Waals surface area contributed by atoms with E-state index in [0.717, 1.165) is 12.2 Å². The summed E-state index contributed by atoms with van der Waals surface area (Å²) in [5.41, 5.74) is 0. The molecule has 1 heterocycles. The average Bonchev–Trinajstić information content (AvgIpc) is 2.45. The predicted molar refractivity (Wildman–Crippen MR) is 52.3 cm³/mol. The van der Waals surface area contributed by atoms with Crippen molar-refractivity contribution in [2.24, 2.45) is 5.92 Å². The number of thioether (sulfide) groups is 1. The minimum atomic E-state index is -0.512. The van der Waals surface area contributed by atoms with Gasteiger partial charge >= 0.3 is 0 Å². The van der Waals surface area contributed by atoms with Gasteiger partial charge in [-0.15, -0.1) is 33.4 Å². The van der Waals surface area contributed by atoms with E-state index in [1.807, 2.05) is 0 Å². The van der Waals surface area contributed by atoms with Gasteiger partial charge in [-0.3, -0.25) is 0 Å². The number of alkyl halides is 2. The van der Waals surface area contributed by atoms with E-state index in [1.165, 1.54) is 11.8 Å². The van der Waals surface area contributed by atoms with Crippen LogP contribution in [0, 0.1) is 12.8 Å². The molecule has 6 heteroatoms. The van der Waals surface area contributed by atoms with E-state index in [2.05, 4.69) is 10.2 Å². The second-order valence-corrected chi connectivity index (χ2v) is 5.57. The average molecular weight is 239 g/mol. The fourth-order valence-electron chi connectivity index (χ4n) is 0.959. The number of hydrogen-bond acceptors (Lipinski definition) is 4. The Morgan fingerprint density at radius 2 is 2.31 bits per heavy atom. The minimum Gasteiger partial charge on any atom is -0.416 e. The third-order valence-electron chi connectivity index (χ3n) is 1.87. The second-order valence-electron chi connectivity index (χ2n) is 3.06. The Bertz CT molecular complexity index is 315. The first-order valence-corrected chi connectivity index (χ1v) is 5.63. The van der Waals surface area contributed by atoms with Crippen LogP contribution in [-0.4, -0.2) is 20.3 Å². The first-order valence-electron chi connectivity index (χ1n) is 3.88. The minimum absolute atomic E-state index is 0.355. The lowest BCUT2D eigenvalue weighted by Gasteiger charge is -1.95. The van der Waals surface area contributed by atoms with E-state index >= 15 is 0 Å². The summed E-state index contributed by atoms with van der Waals surface area (Å²) in [5.74, 6) is 1.78. The van der Waals surface area contributed by atoms with Gasteiger partial charge in [-0.1, -0.05) is 11.8 Å². The molecule has 0 aliphatic heterocycles. The molecule has 72 valence electrons. The predicted octanol–water partition coefficient (Wildman–Crippen LogP) is 2.66. The summed E-state index contributed by atoms with van der Waals surface area (Å²) < 4.78 is 4.67. The van der Waals surface area contributed by atoms with Crippen molar-refractivity contribution in [2.45, 2.75) is 22.9 Å². The van der Waals surface area contributed by atoms with Gasteiger partial charge in [0.05, 0.1) is 0 Å². The van der Waals surface area contributed by atoms with Gasteiger partial charge in [-0.25, -0.2) is 0 Å². The van der Waals surface area contributed by atoms with Gasteiger partial charge < -0.3 is 4.42 Å². The second kappa shape index (κ2) is 3.33. The first kappa shape index (κ1) is 9.62. The lowest BCUT2D eigenvalue weighted by molar-refractivity contribution is 0.429. The molecule has 1 aliphatic carbocycles. The molecule has 0 bridgehead atoms. The molecule has 1 fully saturated rings. The van der Waals surface area contributed by atoms with Crippen molar-refractivity contribution >= 4 is 35.0 Å². The third kappa shape index (κ3) is 2.30. The van der Waals surface area contributed by atoms with Crippen molar-refractivity contribution in [3.05, 3.63) is 5.89 Å². The van der Waals surface area contributed by atoms with Crippen molar-refractivity contribution < 1.29 is 4.42 Å². The van der Waals surface area contributed by atoms with Gasteiger partial charge in [0.15, 0.2) is 0 Å². The number of hydrogen-bond donors (Lipinski definition) is 0. The number of rotatable bonds is 3. The highest BCUT2D eigenvalue weighted by atomic mass is 35.5. The van der Waals surface area contributed by atoms with Gasteiger partial charge in [0.2, 0.25) is 5.89 Å². The van der Waals surface area contributed by atoms with E-state index in [0.29, 0.717) is 17.0 Å². The van der Waals surface area contributed by atoms with Crippen LogP contribution < -0.4 is 0 Å². The van der Waals surface area contributed by atoms with E-state index < -0.39 is 4.33 Å². The van der Waals surface area contributed by atoms with Crippen LogP contribution in [0.2, 0.25) is 0 Å². The van der Waals surface area contributed by atoms with Crippen molar-refractivity contribution in [2.75, 3.05) is 5.75 Å². The zero-order valence-electron chi connectivity index (χ0n) is 6.96. The number of aryl methyl sites for hydroxylation is 1. The monoisotopic (exact) mass is 238 g/mol. The maximum Gasteiger partial charge on any atom is 0.276 e. The quantitative estimate of drug-likeness (QED) is 0.600. The molecule has 2 rings (SSSR count). The van der Waals surface area contributed by atoms with Gasteiger partial charge in [-0.05, 0) is 6.42 Å². The van der Waals surface area contributed by atoms with Crippen molar-refractivity contribution in [1.82, 2.24) is 10.2 Å². The number of aromatic nitrogens is 2. The van der Waals surface area contributed by atoms with Gasteiger partial charge in [0.1, 0.15) is 4.33 Å². The Kier molecular flexibility index (Phi) is 2.47. The van der Waals surface area contributed by atoms with Gasteiger partial charge in [0.25, 0.3) is 5.22 Å². The van der Waals surface area contributed by atoms with E-state index in [1.54, 1.807) is 6.92 Å². The first-order chi connectivity index (χ1) is 6.08. The van der Waals surface area contributed by atoms with Crippen molar-refractivity contribution in [3.8, 4) is 0 Å². The fourth-order valence-corrected chi connectivity index (χ4v) is 2.69. The Hall–Kier alpha value is 0.0700. The van der Waals surface area contributed by atoms with Crippen LogP contribution in [0.5, 0.6) is 0 Å². The highest BCUT2D eigenvalue weighted by molar-refractivity contribution is 7.99. The lowest BCUT2D eigenvalue weighted by Crippen LogP contribution is -1.92. The molecular formula is C7H8Cl2N2OS. The molecule has 0 spiro atoms. The standard InChI is InChI=1S/C7H8Cl2N2OS/c1-4-10-11-6(12-4)13-3-5-2-7(5,8)9/h5H,2-3H2,1H3. The molecule has 1 saturated carbocycles. The summed E-state index contributed by atoms with van der Waals surface area (Å²) in [6, 6.07) is 0. The van der Waals surface area contributed by atoms with E-state index in [4.69, 9.17) is 27.6 Å².